The average molecular weight is 642 g/mol. The summed E-state index contributed by atoms with van der Waals surface area (Å²) in [6.45, 7) is 0. The van der Waals surface area contributed by atoms with Crippen LogP contribution in [0.1, 0.15) is 0 Å². The molecule has 5 heteroatoms. The van der Waals surface area contributed by atoms with Gasteiger partial charge in [-0.1, -0.05) is 127 Å². The maximum Gasteiger partial charge on any atom is 0.188 e. The van der Waals surface area contributed by atoms with Crippen molar-refractivity contribution in [3.63, 3.8) is 0 Å². The molecule has 224 valence electrons. The van der Waals surface area contributed by atoms with E-state index in [1.165, 1.54) is 37.4 Å². The van der Waals surface area contributed by atoms with Crippen LogP contribution in [0.3, 0.4) is 0 Å². The minimum atomic E-state index is -3.04. The molecule has 2 heterocycles. The Bertz CT molecular complexity index is 2450. The second-order valence-electron chi connectivity index (χ2n) is 12.0. The molecule has 0 saturated carbocycles. The minimum Gasteiger partial charge on any atom is -0.507 e. The fourth-order valence-electron chi connectivity index (χ4n) is 7.52. The molecule has 1 atom stereocenters. The number of nitrogens with zero attached hydrogens (tertiary/aromatic N) is 1. The first-order valence-corrected chi connectivity index (χ1v) is 18.1. The van der Waals surface area contributed by atoms with Gasteiger partial charge >= 0.3 is 0 Å². The molecule has 0 radical (unpaired) electrons. The molecule has 9 rings (SSSR count). The lowest BCUT2D eigenvalue weighted by atomic mass is 10.1. The van der Waals surface area contributed by atoms with Crippen LogP contribution in [0.25, 0.3) is 38.6 Å². The number of rotatable bonds is 4. The standard InChI is InChI=1S/C42H28ClNO2Si/c43-29-23-24-42-40(26-29)46-39-21-7-8-22-41(39)47(42,31-13-9-11-28(25-31)33-15-3-6-20-38(33)45)32-14-10-12-30(27-32)44-36-18-4-1-16-34(36)35-17-2-5-19-37(35)44/h1-27,45H. The number of hydrogen-bond donors (Lipinski definition) is 1. The summed E-state index contributed by atoms with van der Waals surface area (Å²) in [5, 5.41) is 18.7. The van der Waals surface area contributed by atoms with E-state index in [2.05, 4.69) is 126 Å². The summed E-state index contributed by atoms with van der Waals surface area (Å²) < 4.78 is 8.99. The van der Waals surface area contributed by atoms with Crippen molar-refractivity contribution in [2.75, 3.05) is 0 Å². The van der Waals surface area contributed by atoms with E-state index in [0.717, 1.165) is 33.5 Å². The van der Waals surface area contributed by atoms with Crippen molar-refractivity contribution in [1.82, 2.24) is 4.57 Å². The SMILES string of the molecule is Oc1ccccc1-c1cccc([Si]2(c3cccc(-n4c5ccccc5c5ccccc54)c3)c3ccccc3Oc3cc(Cl)ccc32)c1. The van der Waals surface area contributed by atoms with Crippen LogP contribution in [0, 0.1) is 0 Å². The van der Waals surface area contributed by atoms with Gasteiger partial charge in [0.2, 0.25) is 0 Å². The van der Waals surface area contributed by atoms with E-state index in [-0.39, 0.29) is 5.75 Å². The zero-order valence-electron chi connectivity index (χ0n) is 25.3. The van der Waals surface area contributed by atoms with Crippen LogP contribution in [0.5, 0.6) is 17.2 Å². The fraction of sp³-hybridized carbons (Fsp3) is 0. The van der Waals surface area contributed by atoms with E-state index >= 15 is 0 Å². The molecule has 47 heavy (non-hydrogen) atoms. The summed E-state index contributed by atoms with van der Waals surface area (Å²) in [6, 6.07) is 57.0. The van der Waals surface area contributed by atoms with Gasteiger partial charge in [0.1, 0.15) is 17.2 Å². The van der Waals surface area contributed by atoms with Gasteiger partial charge in [-0.15, -0.1) is 0 Å². The van der Waals surface area contributed by atoms with Gasteiger partial charge in [0, 0.05) is 27.0 Å². The van der Waals surface area contributed by atoms with Crippen LogP contribution in [0.15, 0.2) is 164 Å². The molecule has 1 aromatic heterocycles. The number of hydrogen-bond acceptors (Lipinski definition) is 2. The number of benzene rings is 7. The lowest BCUT2D eigenvalue weighted by Gasteiger charge is -2.40. The summed E-state index contributed by atoms with van der Waals surface area (Å²) in [5.41, 5.74) is 5.20. The second-order valence-corrected chi connectivity index (χ2v) is 16.2. The molecule has 1 aliphatic heterocycles. The Morgan fingerprint density at radius 1 is 0.532 bits per heavy atom. The zero-order valence-corrected chi connectivity index (χ0v) is 27.0. The largest absolute Gasteiger partial charge is 0.507 e. The van der Waals surface area contributed by atoms with Crippen molar-refractivity contribution in [2.45, 2.75) is 0 Å². The molecule has 1 N–H and O–H groups in total. The third kappa shape index (κ3) is 4.19. The van der Waals surface area contributed by atoms with Crippen LogP contribution in [-0.4, -0.2) is 17.7 Å². The van der Waals surface area contributed by atoms with Crippen molar-refractivity contribution < 1.29 is 9.84 Å². The van der Waals surface area contributed by atoms with Crippen molar-refractivity contribution in [2.24, 2.45) is 0 Å². The van der Waals surface area contributed by atoms with Crippen LogP contribution in [-0.2, 0) is 0 Å². The highest BCUT2D eigenvalue weighted by molar-refractivity contribution is 7.20. The van der Waals surface area contributed by atoms with Gasteiger partial charge in [-0.3, -0.25) is 0 Å². The molecule has 1 unspecified atom stereocenters. The number of para-hydroxylation sites is 4. The van der Waals surface area contributed by atoms with Crippen LogP contribution in [0.2, 0.25) is 5.02 Å². The second kappa shape index (κ2) is 10.8. The third-order valence-electron chi connectivity index (χ3n) is 9.49. The first-order chi connectivity index (χ1) is 23.1. The van der Waals surface area contributed by atoms with Gasteiger partial charge in [-0.25, -0.2) is 0 Å². The summed E-state index contributed by atoms with van der Waals surface area (Å²) in [7, 11) is -3.04. The number of halogens is 1. The van der Waals surface area contributed by atoms with E-state index in [1.54, 1.807) is 6.07 Å². The normalized spacial score (nSPS) is 15.3. The number of aromatic nitrogens is 1. The van der Waals surface area contributed by atoms with E-state index in [9.17, 15) is 5.11 Å². The molecule has 8 aromatic rings. The van der Waals surface area contributed by atoms with Gasteiger partial charge in [-0.05, 0) is 74.8 Å². The molecule has 3 nitrogen and oxygen atoms in total. The van der Waals surface area contributed by atoms with Gasteiger partial charge in [0.25, 0.3) is 0 Å². The van der Waals surface area contributed by atoms with E-state index in [1.807, 2.05) is 36.4 Å². The maximum absolute atomic E-state index is 10.9. The van der Waals surface area contributed by atoms with E-state index < -0.39 is 8.07 Å². The molecule has 0 spiro atoms. The molecular formula is C42H28ClNO2Si. The Morgan fingerprint density at radius 3 is 1.96 bits per heavy atom. The summed E-state index contributed by atoms with van der Waals surface area (Å²) >= 11 is 6.62. The zero-order chi connectivity index (χ0) is 31.5. The maximum atomic E-state index is 10.9. The summed E-state index contributed by atoms with van der Waals surface area (Å²) in [4.78, 5) is 0. The van der Waals surface area contributed by atoms with Crippen molar-refractivity contribution in [3.8, 4) is 34.1 Å². The summed E-state index contributed by atoms with van der Waals surface area (Å²) in [6.07, 6.45) is 0. The van der Waals surface area contributed by atoms with Crippen LogP contribution in [0.4, 0.5) is 0 Å². The lowest BCUT2D eigenvalue weighted by molar-refractivity contribution is 0.477. The van der Waals surface area contributed by atoms with Gasteiger partial charge < -0.3 is 14.4 Å². The first kappa shape index (κ1) is 27.7. The Hall–Kier alpha value is -5.55. The molecule has 7 aromatic carbocycles. The van der Waals surface area contributed by atoms with Crippen molar-refractivity contribution in [3.05, 3.63) is 169 Å². The van der Waals surface area contributed by atoms with Gasteiger partial charge in [0.05, 0.1) is 11.0 Å². The van der Waals surface area contributed by atoms with Crippen molar-refractivity contribution >= 4 is 62.2 Å². The van der Waals surface area contributed by atoms with Gasteiger partial charge in [0.15, 0.2) is 8.07 Å². The average Bonchev–Trinajstić information content (AvgIpc) is 3.45. The van der Waals surface area contributed by atoms with E-state index in [4.69, 9.17) is 16.3 Å². The van der Waals surface area contributed by atoms with Crippen LogP contribution < -0.4 is 25.5 Å². The third-order valence-corrected chi connectivity index (χ3v) is 14.5. The summed E-state index contributed by atoms with van der Waals surface area (Å²) in [5.74, 6) is 1.87. The highest BCUT2D eigenvalue weighted by Gasteiger charge is 2.48. The highest BCUT2D eigenvalue weighted by atomic mass is 35.5. The quantitative estimate of drug-likeness (QED) is 0.196. The molecule has 0 bridgehead atoms. The predicted octanol–water partition coefficient (Wildman–Crippen LogP) is 8.29. The number of ether oxygens (including phenoxy) is 1. The Labute approximate surface area is 278 Å². The number of fused-ring (bicyclic) bond motifs is 5. The topological polar surface area (TPSA) is 34.4 Å². The van der Waals surface area contributed by atoms with Gasteiger partial charge in [-0.2, -0.15) is 0 Å². The minimum absolute atomic E-state index is 0.258. The predicted molar refractivity (Wildman–Crippen MR) is 197 cm³/mol. The van der Waals surface area contributed by atoms with Crippen molar-refractivity contribution in [1.29, 1.82) is 0 Å². The Kier molecular flexibility index (Phi) is 6.35. The molecular weight excluding hydrogens is 614 g/mol. The Balaban J connectivity index is 1.39. The van der Waals surface area contributed by atoms with Crippen LogP contribution >= 0.6 is 11.6 Å². The monoisotopic (exact) mass is 641 g/mol. The number of phenolic OH excluding ortho intramolecular Hbond substituents is 1. The molecule has 1 aliphatic rings. The molecule has 0 amide bonds. The number of aromatic hydroxyl groups is 1. The lowest BCUT2D eigenvalue weighted by Crippen LogP contribution is -2.76. The van der Waals surface area contributed by atoms with E-state index in [0.29, 0.717) is 5.02 Å². The fourth-order valence-corrected chi connectivity index (χ4v) is 12.7. The molecule has 0 fully saturated rings. The molecule has 0 saturated heterocycles. The molecule has 0 aliphatic carbocycles. The smallest absolute Gasteiger partial charge is 0.188 e. The number of phenols is 1. The first-order valence-electron chi connectivity index (χ1n) is 15.7. The highest BCUT2D eigenvalue weighted by Crippen LogP contribution is 2.35. The Morgan fingerprint density at radius 2 is 1.17 bits per heavy atom.